The molecule has 0 radical (unpaired) electrons. The van der Waals surface area contributed by atoms with E-state index in [0.717, 1.165) is 16.8 Å². The molecule has 0 spiro atoms. The first kappa shape index (κ1) is 26.1. The van der Waals surface area contributed by atoms with Crippen molar-refractivity contribution >= 4 is 34.5 Å². The highest BCUT2D eigenvalue weighted by Crippen LogP contribution is 2.38. The van der Waals surface area contributed by atoms with Crippen LogP contribution < -0.4 is 10.6 Å². The predicted molar refractivity (Wildman–Crippen MR) is 144 cm³/mol. The van der Waals surface area contributed by atoms with Gasteiger partial charge in [-0.2, -0.15) is 0 Å². The Bertz CT molecular complexity index is 1270. The Balaban J connectivity index is 1.67. The molecule has 0 fully saturated rings. The van der Waals surface area contributed by atoms with Crippen LogP contribution in [0.4, 0.5) is 11.4 Å². The maximum Gasteiger partial charge on any atom is 0.338 e. The highest BCUT2D eigenvalue weighted by atomic mass is 16.5. The van der Waals surface area contributed by atoms with Crippen molar-refractivity contribution in [2.24, 2.45) is 0 Å². The summed E-state index contributed by atoms with van der Waals surface area (Å²) in [6, 6.07) is 22.5. The largest absolute Gasteiger partial charge is 0.462 e. The van der Waals surface area contributed by atoms with E-state index in [1.54, 1.807) is 25.1 Å². The number of fused-ring (bicyclic) bond motifs is 1. The zero-order valence-corrected chi connectivity index (χ0v) is 20.7. The fourth-order valence-corrected chi connectivity index (χ4v) is 4.30. The van der Waals surface area contributed by atoms with Crippen LogP contribution in [0, 0.1) is 0 Å². The molecule has 4 rings (SSSR count). The molecule has 0 saturated carbocycles. The molecule has 0 saturated heterocycles. The minimum Gasteiger partial charge on any atom is -0.462 e. The first-order valence-corrected chi connectivity index (χ1v) is 12.3. The summed E-state index contributed by atoms with van der Waals surface area (Å²) in [4.78, 5) is 27.3. The number of nitrogens with one attached hydrogen (secondary N) is 2. The zero-order chi connectivity index (χ0) is 26.2. The zero-order valence-electron chi connectivity index (χ0n) is 20.7. The Morgan fingerprint density at radius 2 is 1.65 bits per heavy atom. The molecule has 3 aromatic carbocycles. The summed E-state index contributed by atoms with van der Waals surface area (Å²) in [6.45, 7) is 3.64. The lowest BCUT2D eigenvalue weighted by atomic mass is 9.99. The van der Waals surface area contributed by atoms with Gasteiger partial charge in [-0.15, -0.1) is 0 Å². The van der Waals surface area contributed by atoms with Crippen LogP contribution in [-0.4, -0.2) is 59.9 Å². The molecule has 1 amide bonds. The van der Waals surface area contributed by atoms with Crippen molar-refractivity contribution in [3.63, 3.8) is 0 Å². The van der Waals surface area contributed by atoms with Crippen LogP contribution in [0.2, 0.25) is 0 Å². The van der Waals surface area contributed by atoms with Gasteiger partial charge in [0.1, 0.15) is 0 Å². The second-order valence-corrected chi connectivity index (χ2v) is 8.60. The quantitative estimate of drug-likeness (QED) is 0.235. The summed E-state index contributed by atoms with van der Waals surface area (Å²) in [5, 5.41) is 24.8. The van der Waals surface area contributed by atoms with Crippen molar-refractivity contribution in [2.45, 2.75) is 13.5 Å². The molecular formula is C29H31N3O5. The fourth-order valence-electron chi connectivity index (χ4n) is 4.30. The summed E-state index contributed by atoms with van der Waals surface area (Å²) in [5.74, 6) is -0.697. The molecule has 1 aliphatic rings. The molecule has 0 unspecified atom stereocenters. The van der Waals surface area contributed by atoms with E-state index in [1.807, 2.05) is 59.5 Å². The number of hydrogen-bond acceptors (Lipinski definition) is 7. The number of rotatable bonds is 11. The third kappa shape index (κ3) is 6.24. The van der Waals surface area contributed by atoms with Gasteiger partial charge in [0, 0.05) is 30.9 Å². The maximum absolute atomic E-state index is 13.2. The van der Waals surface area contributed by atoms with Gasteiger partial charge in [-0.3, -0.25) is 9.69 Å². The molecule has 37 heavy (non-hydrogen) atoms. The smallest absolute Gasteiger partial charge is 0.338 e. The van der Waals surface area contributed by atoms with E-state index in [-0.39, 0.29) is 25.7 Å². The molecule has 4 N–H and O–H groups in total. The number of amides is 1. The number of aliphatic hydroxyl groups excluding tert-OH is 2. The number of benzene rings is 3. The van der Waals surface area contributed by atoms with E-state index in [4.69, 9.17) is 4.74 Å². The van der Waals surface area contributed by atoms with Gasteiger partial charge in [0.15, 0.2) is 0 Å². The minimum absolute atomic E-state index is 0.0263. The summed E-state index contributed by atoms with van der Waals surface area (Å²) in [5.41, 5.74) is 5.45. The van der Waals surface area contributed by atoms with E-state index in [2.05, 4.69) is 10.6 Å². The lowest BCUT2D eigenvalue weighted by molar-refractivity contribution is -0.110. The number of ether oxygens (including phenoxy) is 1. The molecular weight excluding hydrogens is 470 g/mol. The fraction of sp³-hybridized carbons (Fsp3) is 0.241. The summed E-state index contributed by atoms with van der Waals surface area (Å²) in [7, 11) is 0. The SMILES string of the molecule is CCOC(=O)c1ccc2c(c1)NC(=O)C2=C(Nc1ccc(CN(CCO)CCO)cc1)c1ccccc1. The number of carbonyl (C=O) groups is 2. The molecule has 0 aromatic heterocycles. The molecule has 3 aromatic rings. The highest BCUT2D eigenvalue weighted by molar-refractivity contribution is 6.37. The second-order valence-electron chi connectivity index (χ2n) is 8.60. The van der Waals surface area contributed by atoms with Crippen molar-refractivity contribution in [3.05, 3.63) is 95.1 Å². The minimum atomic E-state index is -0.435. The predicted octanol–water partition coefficient (Wildman–Crippen LogP) is 3.58. The van der Waals surface area contributed by atoms with Crippen molar-refractivity contribution in [1.29, 1.82) is 0 Å². The van der Waals surface area contributed by atoms with Crippen LogP contribution in [0.5, 0.6) is 0 Å². The van der Waals surface area contributed by atoms with Crippen molar-refractivity contribution in [3.8, 4) is 0 Å². The Labute approximate surface area is 216 Å². The topological polar surface area (TPSA) is 111 Å². The Morgan fingerprint density at radius 1 is 0.946 bits per heavy atom. The molecule has 0 aliphatic carbocycles. The number of hydrogen-bond donors (Lipinski definition) is 4. The molecule has 192 valence electrons. The van der Waals surface area contributed by atoms with Gasteiger partial charge in [0.25, 0.3) is 5.91 Å². The number of nitrogens with zero attached hydrogens (tertiary/aromatic N) is 1. The number of aliphatic hydroxyl groups is 2. The maximum atomic E-state index is 13.2. The van der Waals surface area contributed by atoms with Crippen LogP contribution in [0.3, 0.4) is 0 Å². The highest BCUT2D eigenvalue weighted by Gasteiger charge is 2.29. The Hall–Kier alpha value is -3.98. The standard InChI is InChI=1S/C29H31N3O5/c1-2-37-29(36)22-10-13-24-25(18-22)31-28(35)26(24)27(21-6-4-3-5-7-21)30-23-11-8-20(9-12-23)19-32(14-16-33)15-17-34/h3-13,18,30,33-34H,2,14-17,19H2,1H3,(H,31,35). The lowest BCUT2D eigenvalue weighted by Crippen LogP contribution is -2.29. The van der Waals surface area contributed by atoms with Crippen molar-refractivity contribution in [2.75, 3.05) is 43.5 Å². The Kier molecular flexibility index (Phi) is 8.68. The molecule has 8 nitrogen and oxygen atoms in total. The lowest BCUT2D eigenvalue weighted by Gasteiger charge is -2.20. The van der Waals surface area contributed by atoms with Crippen molar-refractivity contribution < 1.29 is 24.5 Å². The normalized spacial score (nSPS) is 13.8. The average Bonchev–Trinajstić information content (AvgIpc) is 3.24. The van der Waals surface area contributed by atoms with E-state index >= 15 is 0 Å². The molecule has 0 bridgehead atoms. The van der Waals surface area contributed by atoms with E-state index in [9.17, 15) is 19.8 Å². The molecule has 8 heteroatoms. The van der Waals surface area contributed by atoms with Crippen LogP contribution in [0.1, 0.15) is 34.0 Å². The van der Waals surface area contributed by atoms with Gasteiger partial charge in [-0.05, 0) is 42.3 Å². The van der Waals surface area contributed by atoms with Crippen LogP contribution >= 0.6 is 0 Å². The van der Waals surface area contributed by atoms with Gasteiger partial charge < -0.3 is 25.6 Å². The van der Waals surface area contributed by atoms with Gasteiger partial charge in [0.05, 0.1) is 42.3 Å². The van der Waals surface area contributed by atoms with Crippen molar-refractivity contribution in [1.82, 2.24) is 4.90 Å². The summed E-state index contributed by atoms with van der Waals surface area (Å²) in [6.07, 6.45) is 0. The van der Waals surface area contributed by atoms with Gasteiger partial charge >= 0.3 is 5.97 Å². The Morgan fingerprint density at radius 3 is 2.30 bits per heavy atom. The van der Waals surface area contributed by atoms with Crippen LogP contribution in [0.15, 0.2) is 72.8 Å². The molecule has 1 heterocycles. The number of carbonyl (C=O) groups excluding carboxylic acids is 2. The van der Waals surface area contributed by atoms with Crippen LogP contribution in [0.25, 0.3) is 11.3 Å². The van der Waals surface area contributed by atoms with E-state index in [1.165, 1.54) is 0 Å². The number of anilines is 2. The molecule has 0 atom stereocenters. The van der Waals surface area contributed by atoms with Gasteiger partial charge in [0.2, 0.25) is 0 Å². The summed E-state index contributed by atoms with van der Waals surface area (Å²) < 4.78 is 5.09. The van der Waals surface area contributed by atoms with Crippen LogP contribution in [-0.2, 0) is 16.1 Å². The summed E-state index contributed by atoms with van der Waals surface area (Å²) >= 11 is 0. The monoisotopic (exact) mass is 501 g/mol. The molecule has 1 aliphatic heterocycles. The first-order valence-electron chi connectivity index (χ1n) is 12.3. The van der Waals surface area contributed by atoms with Gasteiger partial charge in [-0.25, -0.2) is 4.79 Å². The third-order valence-corrected chi connectivity index (χ3v) is 6.05. The average molecular weight is 502 g/mol. The second kappa shape index (κ2) is 12.3. The number of esters is 1. The van der Waals surface area contributed by atoms with Gasteiger partial charge in [-0.1, -0.05) is 48.5 Å². The van der Waals surface area contributed by atoms with E-state index in [0.29, 0.717) is 47.7 Å². The third-order valence-electron chi connectivity index (χ3n) is 6.05. The first-order chi connectivity index (χ1) is 18.0. The van der Waals surface area contributed by atoms with E-state index < -0.39 is 5.97 Å².